The lowest BCUT2D eigenvalue weighted by molar-refractivity contribution is -0.143. The van der Waals surface area contributed by atoms with Crippen LogP contribution in [-0.2, 0) is 9.59 Å². The van der Waals surface area contributed by atoms with Crippen molar-refractivity contribution in [1.82, 2.24) is 4.90 Å². The highest BCUT2D eigenvalue weighted by molar-refractivity contribution is 6.39. The highest BCUT2D eigenvalue weighted by Gasteiger charge is 2.27. The molecule has 0 radical (unpaired) electrons. The summed E-state index contributed by atoms with van der Waals surface area (Å²) in [5.74, 6) is -0.788. The first-order valence-electron chi connectivity index (χ1n) is 8.73. The number of aliphatic hydroxyl groups excluding tert-OH is 1. The second-order valence-electron chi connectivity index (χ2n) is 7.03. The minimum Gasteiger partial charge on any atom is -0.393 e. The minimum absolute atomic E-state index is 0.0600. The van der Waals surface area contributed by atoms with Crippen molar-refractivity contribution in [2.75, 3.05) is 18.9 Å². The summed E-state index contributed by atoms with van der Waals surface area (Å²) in [6, 6.07) is 7.54. The number of carbonyl (C=O) groups is 2. The van der Waals surface area contributed by atoms with Crippen molar-refractivity contribution in [3.8, 4) is 0 Å². The van der Waals surface area contributed by atoms with Gasteiger partial charge >= 0.3 is 11.8 Å². The van der Waals surface area contributed by atoms with Crippen LogP contribution in [0, 0.1) is 5.92 Å². The molecule has 1 fully saturated rings. The van der Waals surface area contributed by atoms with Crippen LogP contribution < -0.4 is 5.32 Å². The van der Waals surface area contributed by atoms with E-state index in [1.807, 2.05) is 18.2 Å². The summed E-state index contributed by atoms with van der Waals surface area (Å²) in [5.41, 5.74) is 1.74. The number of aliphatic hydroxyl groups is 1. The molecule has 1 aromatic rings. The van der Waals surface area contributed by atoms with Crippen LogP contribution in [0.5, 0.6) is 0 Å². The van der Waals surface area contributed by atoms with Crippen LogP contribution in [0.1, 0.15) is 51.0 Å². The summed E-state index contributed by atoms with van der Waals surface area (Å²) < 4.78 is 0. The maximum atomic E-state index is 12.3. The van der Waals surface area contributed by atoms with E-state index < -0.39 is 11.8 Å². The molecular formula is C19H28N2O3. The summed E-state index contributed by atoms with van der Waals surface area (Å²) in [4.78, 5) is 25.9. The normalized spacial score (nSPS) is 20.7. The molecule has 0 aliphatic heterocycles. The number of nitrogens with one attached hydrogen (secondary N) is 1. The lowest BCUT2D eigenvalue weighted by atomic mass is 9.86. The zero-order valence-electron chi connectivity index (χ0n) is 14.8. The average Bonchev–Trinajstić information content (AvgIpc) is 2.56. The third-order valence-electron chi connectivity index (χ3n) is 4.73. The van der Waals surface area contributed by atoms with Gasteiger partial charge in [0.1, 0.15) is 0 Å². The van der Waals surface area contributed by atoms with Crippen LogP contribution in [-0.4, -0.2) is 41.5 Å². The van der Waals surface area contributed by atoms with Crippen LogP contribution in [0.2, 0.25) is 0 Å². The van der Waals surface area contributed by atoms with Crippen LogP contribution in [0.3, 0.4) is 0 Å². The Morgan fingerprint density at radius 3 is 2.67 bits per heavy atom. The Labute approximate surface area is 144 Å². The quantitative estimate of drug-likeness (QED) is 0.833. The van der Waals surface area contributed by atoms with E-state index in [1.54, 1.807) is 13.1 Å². The standard InChI is InChI=1S/C19H28N2O3/c1-13(2)14-8-6-9-16(11-14)20-18(23)19(24)21(3)12-15-7-4-5-10-17(15)22/h6,8-9,11,13,15,17,22H,4-5,7,10,12H2,1-3H3,(H,20,23). The van der Waals surface area contributed by atoms with E-state index in [2.05, 4.69) is 19.2 Å². The molecule has 0 bridgehead atoms. The summed E-state index contributed by atoms with van der Waals surface area (Å²) in [5, 5.41) is 12.7. The third kappa shape index (κ3) is 4.81. The molecule has 2 unspecified atom stereocenters. The number of hydrogen-bond acceptors (Lipinski definition) is 3. The minimum atomic E-state index is -0.635. The summed E-state index contributed by atoms with van der Waals surface area (Å²) >= 11 is 0. The fraction of sp³-hybridized carbons (Fsp3) is 0.579. The van der Waals surface area contributed by atoms with Crippen LogP contribution in [0.4, 0.5) is 5.69 Å². The zero-order valence-corrected chi connectivity index (χ0v) is 14.8. The number of amides is 2. The Bertz CT molecular complexity index is 586. The van der Waals surface area contributed by atoms with Gasteiger partial charge in [-0.1, -0.05) is 38.8 Å². The SMILES string of the molecule is CC(C)c1cccc(NC(=O)C(=O)N(C)CC2CCCCC2O)c1. The highest BCUT2D eigenvalue weighted by atomic mass is 16.3. The van der Waals surface area contributed by atoms with E-state index in [4.69, 9.17) is 0 Å². The van der Waals surface area contributed by atoms with Gasteiger partial charge in [-0.25, -0.2) is 0 Å². The number of likely N-dealkylation sites (N-methyl/N-ethyl adjacent to an activating group) is 1. The Balaban J connectivity index is 1.93. The van der Waals surface area contributed by atoms with Gasteiger partial charge in [-0.3, -0.25) is 9.59 Å². The van der Waals surface area contributed by atoms with Crippen molar-refractivity contribution in [2.24, 2.45) is 5.92 Å². The molecule has 2 atom stereocenters. The molecule has 1 aliphatic carbocycles. The molecule has 1 aromatic carbocycles. The Hall–Kier alpha value is -1.88. The monoisotopic (exact) mass is 332 g/mol. The Kier molecular flexibility index (Phi) is 6.37. The van der Waals surface area contributed by atoms with Gasteiger partial charge in [0, 0.05) is 25.2 Å². The first-order chi connectivity index (χ1) is 11.4. The highest BCUT2D eigenvalue weighted by Crippen LogP contribution is 2.25. The Morgan fingerprint density at radius 2 is 2.00 bits per heavy atom. The Morgan fingerprint density at radius 1 is 1.29 bits per heavy atom. The first kappa shape index (κ1) is 18.5. The van der Waals surface area contributed by atoms with E-state index >= 15 is 0 Å². The molecule has 0 saturated heterocycles. The lowest BCUT2D eigenvalue weighted by Crippen LogP contribution is -2.42. The number of rotatable bonds is 4. The molecule has 0 spiro atoms. The van der Waals surface area contributed by atoms with E-state index in [-0.39, 0.29) is 12.0 Å². The van der Waals surface area contributed by atoms with Gasteiger partial charge in [0.15, 0.2) is 0 Å². The molecule has 2 amide bonds. The maximum Gasteiger partial charge on any atom is 0.313 e. The van der Waals surface area contributed by atoms with Crippen molar-refractivity contribution < 1.29 is 14.7 Å². The summed E-state index contributed by atoms with van der Waals surface area (Å²) in [6.45, 7) is 4.57. The number of hydrogen-bond donors (Lipinski definition) is 2. The van der Waals surface area contributed by atoms with Crippen molar-refractivity contribution >= 4 is 17.5 Å². The van der Waals surface area contributed by atoms with Gasteiger partial charge in [0.2, 0.25) is 0 Å². The second kappa shape index (κ2) is 8.29. The fourth-order valence-corrected chi connectivity index (χ4v) is 3.17. The van der Waals surface area contributed by atoms with E-state index in [0.717, 1.165) is 31.2 Å². The molecule has 0 aromatic heterocycles. The van der Waals surface area contributed by atoms with Gasteiger partial charge in [-0.15, -0.1) is 0 Å². The van der Waals surface area contributed by atoms with Crippen molar-refractivity contribution in [2.45, 2.75) is 51.6 Å². The molecule has 2 rings (SSSR count). The number of anilines is 1. The van der Waals surface area contributed by atoms with Gasteiger partial charge in [-0.05, 0) is 36.5 Å². The molecule has 0 heterocycles. The molecule has 1 saturated carbocycles. The van der Waals surface area contributed by atoms with Crippen molar-refractivity contribution in [1.29, 1.82) is 0 Å². The van der Waals surface area contributed by atoms with Gasteiger partial charge in [-0.2, -0.15) is 0 Å². The van der Waals surface area contributed by atoms with E-state index in [9.17, 15) is 14.7 Å². The number of nitrogens with zero attached hydrogens (tertiary/aromatic N) is 1. The van der Waals surface area contributed by atoms with Crippen molar-refractivity contribution in [3.63, 3.8) is 0 Å². The largest absolute Gasteiger partial charge is 0.393 e. The molecule has 5 nitrogen and oxygen atoms in total. The first-order valence-corrected chi connectivity index (χ1v) is 8.73. The predicted molar refractivity (Wildman–Crippen MR) is 94.8 cm³/mol. The molecular weight excluding hydrogens is 304 g/mol. The van der Waals surface area contributed by atoms with Gasteiger partial charge in [0.05, 0.1) is 6.10 Å². The maximum absolute atomic E-state index is 12.3. The molecule has 2 N–H and O–H groups in total. The van der Waals surface area contributed by atoms with E-state index in [1.165, 1.54) is 4.90 Å². The lowest BCUT2D eigenvalue weighted by Gasteiger charge is -2.30. The molecule has 1 aliphatic rings. The van der Waals surface area contributed by atoms with Gasteiger partial charge < -0.3 is 15.3 Å². The zero-order chi connectivity index (χ0) is 17.7. The number of benzene rings is 1. The third-order valence-corrected chi connectivity index (χ3v) is 4.73. The van der Waals surface area contributed by atoms with Crippen LogP contribution in [0.25, 0.3) is 0 Å². The molecule has 24 heavy (non-hydrogen) atoms. The smallest absolute Gasteiger partial charge is 0.313 e. The van der Waals surface area contributed by atoms with Crippen molar-refractivity contribution in [3.05, 3.63) is 29.8 Å². The summed E-state index contributed by atoms with van der Waals surface area (Å²) in [6.07, 6.45) is 3.40. The second-order valence-corrected chi connectivity index (χ2v) is 7.03. The predicted octanol–water partition coefficient (Wildman–Crippen LogP) is 2.76. The average molecular weight is 332 g/mol. The summed E-state index contributed by atoms with van der Waals surface area (Å²) in [7, 11) is 1.62. The van der Waals surface area contributed by atoms with Gasteiger partial charge in [0.25, 0.3) is 0 Å². The molecule has 132 valence electrons. The molecule has 5 heteroatoms. The topological polar surface area (TPSA) is 69.6 Å². The van der Waals surface area contributed by atoms with Crippen LogP contribution >= 0.6 is 0 Å². The number of carbonyl (C=O) groups excluding carboxylic acids is 2. The van der Waals surface area contributed by atoms with E-state index in [0.29, 0.717) is 18.2 Å². The van der Waals surface area contributed by atoms with Crippen LogP contribution in [0.15, 0.2) is 24.3 Å². The fourth-order valence-electron chi connectivity index (χ4n) is 3.17.